The van der Waals surface area contributed by atoms with Crippen molar-refractivity contribution in [1.29, 1.82) is 0 Å². The number of carbonyl (C=O) groups is 1. The van der Waals surface area contributed by atoms with Gasteiger partial charge in [0.25, 0.3) is 0 Å². The molecule has 0 unspecified atom stereocenters. The van der Waals surface area contributed by atoms with E-state index in [1.165, 1.54) is 0 Å². The summed E-state index contributed by atoms with van der Waals surface area (Å²) >= 11 is 5.68. The average molecular weight is 221 g/mol. The molecule has 1 nitrogen and oxygen atoms in total. The Kier molecular flexibility index (Phi) is 3.94. The number of benzene rings is 1. The first-order chi connectivity index (χ1) is 7.06. The van der Waals surface area contributed by atoms with E-state index in [-0.39, 0.29) is 11.7 Å². The van der Waals surface area contributed by atoms with E-state index >= 15 is 0 Å². The van der Waals surface area contributed by atoms with Gasteiger partial charge in [0, 0.05) is 16.9 Å². The zero-order valence-corrected chi connectivity index (χ0v) is 9.64. The third-order valence-electron chi connectivity index (χ3n) is 2.04. The molecule has 0 radical (unpaired) electrons. The van der Waals surface area contributed by atoms with Crippen molar-refractivity contribution in [3.63, 3.8) is 0 Å². The predicted octanol–water partition coefficient (Wildman–Crippen LogP) is 2.87. The number of halogens is 1. The van der Waals surface area contributed by atoms with E-state index in [0.29, 0.717) is 0 Å². The van der Waals surface area contributed by atoms with Gasteiger partial charge in [-0.1, -0.05) is 38.0 Å². The fraction of sp³-hybridized carbons (Fsp3) is 0.308. The van der Waals surface area contributed by atoms with Crippen molar-refractivity contribution in [1.82, 2.24) is 0 Å². The molecule has 0 amide bonds. The Hall–Kier alpha value is -1.26. The zero-order chi connectivity index (χ0) is 11.3. The molecule has 0 saturated carbocycles. The molecule has 0 N–H and O–H groups in total. The van der Waals surface area contributed by atoms with Crippen LogP contribution in [0.15, 0.2) is 30.3 Å². The maximum Gasteiger partial charge on any atom is 0.212 e. The van der Waals surface area contributed by atoms with Crippen LogP contribution in [0.1, 0.15) is 19.4 Å². The molecule has 0 aliphatic heterocycles. The highest BCUT2D eigenvalue weighted by Gasteiger charge is 2.24. The maximum atomic E-state index is 11.6. The third-order valence-corrected chi connectivity index (χ3v) is 2.71. The first kappa shape index (κ1) is 11.8. The summed E-state index contributed by atoms with van der Waals surface area (Å²) in [5, 5.41) is 0. The second-order valence-corrected chi connectivity index (χ2v) is 4.23. The molecule has 0 bridgehead atoms. The second kappa shape index (κ2) is 5.00. The van der Waals surface area contributed by atoms with Gasteiger partial charge in [-0.2, -0.15) is 0 Å². The topological polar surface area (TPSA) is 17.1 Å². The van der Waals surface area contributed by atoms with E-state index < -0.39 is 5.41 Å². The molecule has 2 heteroatoms. The summed E-state index contributed by atoms with van der Waals surface area (Å²) in [6.45, 7) is 3.59. The van der Waals surface area contributed by atoms with Crippen LogP contribution in [-0.2, 0) is 4.79 Å². The smallest absolute Gasteiger partial charge is 0.212 e. The monoisotopic (exact) mass is 220 g/mol. The number of hydrogen-bond acceptors (Lipinski definition) is 1. The summed E-state index contributed by atoms with van der Waals surface area (Å²) in [6, 6.07) is 9.43. The highest BCUT2D eigenvalue weighted by Crippen LogP contribution is 2.17. The van der Waals surface area contributed by atoms with E-state index in [4.69, 9.17) is 11.6 Å². The van der Waals surface area contributed by atoms with Crippen LogP contribution in [0, 0.1) is 17.3 Å². The van der Waals surface area contributed by atoms with Gasteiger partial charge < -0.3 is 0 Å². The number of alkyl halides is 1. The van der Waals surface area contributed by atoms with Crippen LogP contribution in [0.25, 0.3) is 0 Å². The van der Waals surface area contributed by atoms with Crippen molar-refractivity contribution >= 4 is 17.4 Å². The van der Waals surface area contributed by atoms with Crippen molar-refractivity contribution in [3.8, 4) is 11.8 Å². The largest absolute Gasteiger partial charge is 0.284 e. The Morgan fingerprint density at radius 3 is 2.47 bits per heavy atom. The van der Waals surface area contributed by atoms with Crippen LogP contribution >= 0.6 is 11.6 Å². The van der Waals surface area contributed by atoms with Gasteiger partial charge in [0.15, 0.2) is 0 Å². The summed E-state index contributed by atoms with van der Waals surface area (Å²) in [5.41, 5.74) is 0.278. The van der Waals surface area contributed by atoms with Crippen LogP contribution in [0.4, 0.5) is 0 Å². The molecule has 0 fully saturated rings. The molecule has 0 saturated heterocycles. The van der Waals surface area contributed by atoms with Gasteiger partial charge in [0.1, 0.15) is 0 Å². The first-order valence-electron chi connectivity index (χ1n) is 4.74. The van der Waals surface area contributed by atoms with Crippen LogP contribution in [-0.4, -0.2) is 11.7 Å². The van der Waals surface area contributed by atoms with E-state index in [2.05, 4.69) is 11.8 Å². The second-order valence-electron chi connectivity index (χ2n) is 3.96. The van der Waals surface area contributed by atoms with Gasteiger partial charge in [0.2, 0.25) is 5.78 Å². The summed E-state index contributed by atoms with van der Waals surface area (Å²) < 4.78 is 0. The minimum Gasteiger partial charge on any atom is -0.284 e. The number of rotatable bonds is 2. The molecular weight excluding hydrogens is 208 g/mol. The molecule has 1 rings (SSSR count). The Morgan fingerprint density at radius 1 is 1.33 bits per heavy atom. The summed E-state index contributed by atoms with van der Waals surface area (Å²) in [7, 11) is 0. The fourth-order valence-electron chi connectivity index (χ4n) is 0.880. The van der Waals surface area contributed by atoms with Crippen molar-refractivity contribution < 1.29 is 4.79 Å². The van der Waals surface area contributed by atoms with Crippen molar-refractivity contribution in [3.05, 3.63) is 35.9 Å². The molecule has 0 aliphatic carbocycles. The maximum absolute atomic E-state index is 11.6. The number of Topliss-reactive ketones (excluding diaryl/α,β-unsaturated/α-hetero) is 1. The Labute approximate surface area is 95.5 Å². The van der Waals surface area contributed by atoms with Crippen LogP contribution < -0.4 is 0 Å². The molecular formula is C13H13ClO. The van der Waals surface area contributed by atoms with Gasteiger partial charge in [-0.15, -0.1) is 11.6 Å². The van der Waals surface area contributed by atoms with Gasteiger partial charge in [-0.3, -0.25) is 4.79 Å². The van der Waals surface area contributed by atoms with Crippen LogP contribution in [0.3, 0.4) is 0 Å². The van der Waals surface area contributed by atoms with E-state index in [0.717, 1.165) is 5.56 Å². The molecule has 0 aromatic heterocycles. The first-order valence-corrected chi connectivity index (χ1v) is 5.27. The van der Waals surface area contributed by atoms with Crippen molar-refractivity contribution in [2.45, 2.75) is 13.8 Å². The molecule has 78 valence electrons. The SMILES string of the molecule is CC(C)(CCl)C(=O)C#Cc1ccccc1. The lowest BCUT2D eigenvalue weighted by Crippen LogP contribution is -2.24. The molecule has 0 heterocycles. The lowest BCUT2D eigenvalue weighted by molar-refractivity contribution is -0.120. The number of ketones is 1. The van der Waals surface area contributed by atoms with Gasteiger partial charge in [-0.25, -0.2) is 0 Å². The number of carbonyl (C=O) groups excluding carboxylic acids is 1. The Balaban J connectivity index is 2.80. The standard InChI is InChI=1S/C13H13ClO/c1-13(2,10-14)12(15)9-8-11-6-4-3-5-7-11/h3-7H,10H2,1-2H3. The molecule has 1 aromatic carbocycles. The van der Waals surface area contributed by atoms with Crippen LogP contribution in [0.2, 0.25) is 0 Å². The summed E-state index contributed by atoms with van der Waals surface area (Å²) in [6.07, 6.45) is 0. The highest BCUT2D eigenvalue weighted by molar-refractivity contribution is 6.21. The van der Waals surface area contributed by atoms with Crippen LogP contribution in [0.5, 0.6) is 0 Å². The highest BCUT2D eigenvalue weighted by atomic mass is 35.5. The fourth-order valence-corrected chi connectivity index (χ4v) is 1.00. The molecule has 0 spiro atoms. The predicted molar refractivity (Wildman–Crippen MR) is 62.8 cm³/mol. The van der Waals surface area contributed by atoms with Gasteiger partial charge in [-0.05, 0) is 18.1 Å². The van der Waals surface area contributed by atoms with Gasteiger partial charge >= 0.3 is 0 Å². The molecule has 1 aromatic rings. The summed E-state index contributed by atoms with van der Waals surface area (Å²) in [4.78, 5) is 11.6. The van der Waals surface area contributed by atoms with E-state index in [1.54, 1.807) is 13.8 Å². The molecule has 15 heavy (non-hydrogen) atoms. The van der Waals surface area contributed by atoms with E-state index in [1.807, 2.05) is 30.3 Å². The Morgan fingerprint density at radius 2 is 1.93 bits per heavy atom. The third kappa shape index (κ3) is 3.42. The lowest BCUT2D eigenvalue weighted by atomic mass is 9.91. The molecule has 0 atom stereocenters. The number of hydrogen-bond donors (Lipinski definition) is 0. The summed E-state index contributed by atoms with van der Waals surface area (Å²) in [5.74, 6) is 5.61. The van der Waals surface area contributed by atoms with Gasteiger partial charge in [0.05, 0.1) is 0 Å². The Bertz CT molecular complexity index is 396. The minimum atomic E-state index is -0.566. The normalized spacial score (nSPS) is 10.3. The minimum absolute atomic E-state index is 0.124. The lowest BCUT2D eigenvalue weighted by Gasteiger charge is -2.14. The zero-order valence-electron chi connectivity index (χ0n) is 8.88. The molecule has 0 aliphatic rings. The van der Waals surface area contributed by atoms with E-state index in [9.17, 15) is 4.79 Å². The van der Waals surface area contributed by atoms with Crippen molar-refractivity contribution in [2.75, 3.05) is 5.88 Å². The quantitative estimate of drug-likeness (QED) is 0.553. The van der Waals surface area contributed by atoms with Crippen molar-refractivity contribution in [2.24, 2.45) is 5.41 Å². The average Bonchev–Trinajstić information content (AvgIpc) is 2.27.